The van der Waals surface area contributed by atoms with E-state index < -0.39 is 0 Å². The smallest absolute Gasteiger partial charge is 0.239 e. The van der Waals surface area contributed by atoms with E-state index in [1.54, 1.807) is 12.4 Å². The second-order valence-corrected chi connectivity index (χ2v) is 5.05. The van der Waals surface area contributed by atoms with Gasteiger partial charge in [-0.15, -0.1) is 0 Å². The fourth-order valence-corrected chi connectivity index (χ4v) is 2.61. The van der Waals surface area contributed by atoms with Crippen LogP contribution in [0, 0.1) is 5.92 Å². The summed E-state index contributed by atoms with van der Waals surface area (Å²) in [7, 11) is 0. The number of carbonyl (C=O) groups excluding carboxylic acids is 1. The molecule has 5 nitrogen and oxygen atoms in total. The topological polar surface area (TPSA) is 66.0 Å². The van der Waals surface area contributed by atoms with Gasteiger partial charge in [-0.2, -0.15) is 0 Å². The first kappa shape index (κ1) is 12.9. The van der Waals surface area contributed by atoms with Gasteiger partial charge in [0.15, 0.2) is 0 Å². The molecule has 2 unspecified atom stereocenters. The molecular weight excluding hydrogens is 252 g/mol. The van der Waals surface area contributed by atoms with Crippen molar-refractivity contribution in [3.63, 3.8) is 0 Å². The monoisotopic (exact) mass is 270 g/mol. The van der Waals surface area contributed by atoms with Crippen molar-refractivity contribution in [2.24, 2.45) is 5.92 Å². The molecule has 0 radical (unpaired) electrons. The van der Waals surface area contributed by atoms with Gasteiger partial charge in [0.25, 0.3) is 0 Å². The largest absolute Gasteiger partial charge is 0.351 e. The third-order valence-corrected chi connectivity index (χ3v) is 3.73. The van der Waals surface area contributed by atoms with Gasteiger partial charge in [-0.3, -0.25) is 9.78 Å². The van der Waals surface area contributed by atoms with Crippen molar-refractivity contribution in [3.05, 3.63) is 54.0 Å². The summed E-state index contributed by atoms with van der Waals surface area (Å²) < 4.78 is 0. The minimum atomic E-state index is -0.206. The second kappa shape index (κ2) is 5.88. The fourth-order valence-electron chi connectivity index (χ4n) is 2.61. The summed E-state index contributed by atoms with van der Waals surface area (Å²) >= 11 is 0. The van der Waals surface area contributed by atoms with E-state index >= 15 is 0 Å². The summed E-state index contributed by atoms with van der Waals surface area (Å²) in [5, 5.41) is 2.98. The highest BCUT2D eigenvalue weighted by Gasteiger charge is 2.35. The van der Waals surface area contributed by atoms with Crippen LogP contribution in [0.4, 0.5) is 0 Å². The SMILES string of the molecule is O=C(NCc1ccncc1)C1NNC2=CC=CCCC21. The summed E-state index contributed by atoms with van der Waals surface area (Å²) in [6.45, 7) is 0.531. The van der Waals surface area contributed by atoms with Gasteiger partial charge in [0.2, 0.25) is 5.91 Å². The number of pyridine rings is 1. The Bertz CT molecular complexity index is 538. The lowest BCUT2D eigenvalue weighted by atomic mass is 9.93. The maximum absolute atomic E-state index is 12.3. The summed E-state index contributed by atoms with van der Waals surface area (Å²) in [6, 6.07) is 3.60. The number of hydrogen-bond acceptors (Lipinski definition) is 4. The van der Waals surface area contributed by atoms with Crippen molar-refractivity contribution in [2.45, 2.75) is 25.4 Å². The molecule has 0 bridgehead atoms. The fraction of sp³-hybridized carbons (Fsp3) is 0.333. The van der Waals surface area contributed by atoms with E-state index in [0.717, 1.165) is 24.1 Å². The number of fused-ring (bicyclic) bond motifs is 1. The number of aromatic nitrogens is 1. The van der Waals surface area contributed by atoms with Crippen LogP contribution in [-0.2, 0) is 11.3 Å². The predicted molar refractivity (Wildman–Crippen MR) is 76.1 cm³/mol. The molecule has 1 saturated heterocycles. The van der Waals surface area contributed by atoms with Gasteiger partial charge in [-0.1, -0.05) is 12.2 Å². The maximum Gasteiger partial charge on any atom is 0.239 e. The zero-order valence-corrected chi connectivity index (χ0v) is 11.2. The number of amides is 1. The Labute approximate surface area is 118 Å². The van der Waals surface area contributed by atoms with Crippen LogP contribution < -0.4 is 16.2 Å². The molecule has 2 aliphatic rings. The lowest BCUT2D eigenvalue weighted by Gasteiger charge is -2.17. The number of nitrogens with one attached hydrogen (secondary N) is 3. The van der Waals surface area contributed by atoms with Gasteiger partial charge in [0, 0.05) is 30.6 Å². The van der Waals surface area contributed by atoms with Crippen molar-refractivity contribution in [1.29, 1.82) is 0 Å². The Morgan fingerprint density at radius 1 is 1.40 bits per heavy atom. The van der Waals surface area contributed by atoms with Crippen molar-refractivity contribution < 1.29 is 4.79 Å². The van der Waals surface area contributed by atoms with Crippen molar-refractivity contribution >= 4 is 5.91 Å². The average Bonchev–Trinajstić information content (AvgIpc) is 2.75. The first-order chi connectivity index (χ1) is 9.84. The van der Waals surface area contributed by atoms with E-state index in [1.165, 1.54) is 0 Å². The molecule has 1 aliphatic carbocycles. The summed E-state index contributed by atoms with van der Waals surface area (Å²) in [4.78, 5) is 16.3. The van der Waals surface area contributed by atoms with Gasteiger partial charge in [0.05, 0.1) is 0 Å². The van der Waals surface area contributed by atoms with E-state index in [1.807, 2.05) is 24.3 Å². The van der Waals surface area contributed by atoms with Gasteiger partial charge < -0.3 is 10.7 Å². The second-order valence-electron chi connectivity index (χ2n) is 5.05. The minimum absolute atomic E-state index is 0.0320. The van der Waals surface area contributed by atoms with Crippen LogP contribution in [0.2, 0.25) is 0 Å². The molecule has 0 saturated carbocycles. The lowest BCUT2D eigenvalue weighted by molar-refractivity contribution is -0.123. The van der Waals surface area contributed by atoms with Crippen LogP contribution in [0.15, 0.2) is 48.5 Å². The Hall–Kier alpha value is -2.14. The molecular formula is C15H18N4O. The Morgan fingerprint density at radius 2 is 2.25 bits per heavy atom. The molecule has 1 aromatic heterocycles. The molecule has 20 heavy (non-hydrogen) atoms. The van der Waals surface area contributed by atoms with E-state index in [0.29, 0.717) is 6.54 Å². The lowest BCUT2D eigenvalue weighted by Crippen LogP contribution is -2.45. The third-order valence-electron chi connectivity index (χ3n) is 3.73. The highest BCUT2D eigenvalue weighted by Crippen LogP contribution is 2.26. The Kier molecular flexibility index (Phi) is 3.78. The Balaban J connectivity index is 1.60. The molecule has 1 aliphatic heterocycles. The molecule has 104 valence electrons. The molecule has 3 rings (SSSR count). The number of carbonyl (C=O) groups is 1. The molecule has 1 fully saturated rings. The molecule has 2 heterocycles. The zero-order valence-electron chi connectivity index (χ0n) is 11.2. The van der Waals surface area contributed by atoms with Crippen LogP contribution in [-0.4, -0.2) is 16.9 Å². The van der Waals surface area contributed by atoms with Crippen LogP contribution in [0.3, 0.4) is 0 Å². The number of rotatable bonds is 3. The van der Waals surface area contributed by atoms with Crippen LogP contribution in [0.5, 0.6) is 0 Å². The first-order valence-electron chi connectivity index (χ1n) is 6.89. The van der Waals surface area contributed by atoms with E-state index in [-0.39, 0.29) is 17.9 Å². The third kappa shape index (κ3) is 2.72. The number of nitrogens with zero attached hydrogens (tertiary/aromatic N) is 1. The van der Waals surface area contributed by atoms with Crippen molar-refractivity contribution in [3.8, 4) is 0 Å². The van der Waals surface area contributed by atoms with Gasteiger partial charge in [-0.05, 0) is 36.6 Å². The predicted octanol–water partition coefficient (Wildman–Crippen LogP) is 1.02. The number of hydrazine groups is 1. The van der Waals surface area contributed by atoms with Gasteiger partial charge >= 0.3 is 0 Å². The summed E-state index contributed by atoms with van der Waals surface area (Å²) in [5.41, 5.74) is 8.36. The van der Waals surface area contributed by atoms with Crippen molar-refractivity contribution in [2.75, 3.05) is 0 Å². The highest BCUT2D eigenvalue weighted by molar-refractivity contribution is 5.83. The molecule has 0 spiro atoms. The normalized spacial score (nSPS) is 24.3. The Morgan fingerprint density at radius 3 is 3.10 bits per heavy atom. The van der Waals surface area contributed by atoms with E-state index in [2.05, 4.69) is 27.2 Å². The molecule has 1 aromatic rings. The molecule has 2 atom stereocenters. The van der Waals surface area contributed by atoms with Gasteiger partial charge in [0.1, 0.15) is 6.04 Å². The molecule has 5 heteroatoms. The minimum Gasteiger partial charge on any atom is -0.351 e. The van der Waals surface area contributed by atoms with E-state index in [4.69, 9.17) is 0 Å². The van der Waals surface area contributed by atoms with Crippen LogP contribution >= 0.6 is 0 Å². The van der Waals surface area contributed by atoms with Crippen LogP contribution in [0.1, 0.15) is 18.4 Å². The zero-order chi connectivity index (χ0) is 13.8. The quantitative estimate of drug-likeness (QED) is 0.767. The summed E-state index contributed by atoms with van der Waals surface area (Å²) in [5.74, 6) is 0.257. The molecule has 0 aromatic carbocycles. The number of hydrogen-bond donors (Lipinski definition) is 3. The van der Waals surface area contributed by atoms with Crippen LogP contribution in [0.25, 0.3) is 0 Å². The number of allylic oxidation sites excluding steroid dienone is 3. The van der Waals surface area contributed by atoms with Crippen molar-refractivity contribution in [1.82, 2.24) is 21.2 Å². The van der Waals surface area contributed by atoms with Gasteiger partial charge in [-0.25, -0.2) is 5.43 Å². The summed E-state index contributed by atoms with van der Waals surface area (Å²) in [6.07, 6.45) is 11.7. The highest BCUT2D eigenvalue weighted by atomic mass is 16.2. The molecule has 3 N–H and O–H groups in total. The standard InChI is InChI=1S/C15H18N4O/c20-15(17-10-11-6-8-16-9-7-11)14-12-4-2-1-3-5-13(12)18-19-14/h1,3,5-9,12,14,18-19H,2,4,10H2,(H,17,20). The average molecular weight is 270 g/mol. The maximum atomic E-state index is 12.3. The molecule has 1 amide bonds. The first-order valence-corrected chi connectivity index (χ1v) is 6.89. The van der Waals surface area contributed by atoms with E-state index in [9.17, 15) is 4.79 Å².